The van der Waals surface area contributed by atoms with Gasteiger partial charge >= 0.3 is 0 Å². The van der Waals surface area contributed by atoms with Gasteiger partial charge in [-0.25, -0.2) is 0 Å². The summed E-state index contributed by atoms with van der Waals surface area (Å²) in [5.41, 5.74) is 2.51. The van der Waals surface area contributed by atoms with E-state index in [4.69, 9.17) is 11.6 Å². The molecule has 0 bridgehead atoms. The molecule has 2 aromatic rings. The molecule has 0 saturated heterocycles. The van der Waals surface area contributed by atoms with Gasteiger partial charge in [0.05, 0.1) is 5.38 Å². The molecule has 14 heavy (non-hydrogen) atoms. The van der Waals surface area contributed by atoms with Crippen molar-refractivity contribution >= 4 is 22.9 Å². The Bertz CT molecular complexity index is 366. The van der Waals surface area contributed by atoms with Crippen molar-refractivity contribution in [3.63, 3.8) is 0 Å². The first-order chi connectivity index (χ1) is 6.86. The van der Waals surface area contributed by atoms with E-state index in [2.05, 4.69) is 29.0 Å². The van der Waals surface area contributed by atoms with Gasteiger partial charge in [0.25, 0.3) is 0 Å². The van der Waals surface area contributed by atoms with E-state index >= 15 is 0 Å². The highest BCUT2D eigenvalue weighted by Gasteiger charge is 2.08. The maximum atomic E-state index is 6.29. The van der Waals surface area contributed by atoms with Gasteiger partial charge in [0.1, 0.15) is 0 Å². The summed E-state index contributed by atoms with van der Waals surface area (Å²) in [6.07, 6.45) is 0.902. The Hall–Kier alpha value is -0.790. The summed E-state index contributed by atoms with van der Waals surface area (Å²) in [5, 5.41) is 4.28. The molecular formula is C12H11ClS. The van der Waals surface area contributed by atoms with Crippen LogP contribution in [-0.2, 0) is 6.42 Å². The Morgan fingerprint density at radius 1 is 1.14 bits per heavy atom. The van der Waals surface area contributed by atoms with Crippen LogP contribution in [0.3, 0.4) is 0 Å². The molecule has 0 aliphatic heterocycles. The van der Waals surface area contributed by atoms with Crippen molar-refractivity contribution in [3.8, 4) is 0 Å². The summed E-state index contributed by atoms with van der Waals surface area (Å²) >= 11 is 7.98. The van der Waals surface area contributed by atoms with Crippen LogP contribution >= 0.6 is 22.9 Å². The van der Waals surface area contributed by atoms with E-state index in [9.17, 15) is 0 Å². The number of hydrogen-bond acceptors (Lipinski definition) is 1. The van der Waals surface area contributed by atoms with Crippen molar-refractivity contribution in [1.82, 2.24) is 0 Å². The second-order valence-corrected chi connectivity index (χ2v) is 4.52. The SMILES string of the molecule is ClC(Cc1ccccc1)c1ccsc1. The average Bonchev–Trinajstić information content (AvgIpc) is 2.72. The molecule has 0 spiro atoms. The van der Waals surface area contributed by atoms with Gasteiger partial charge in [-0.2, -0.15) is 11.3 Å². The highest BCUT2D eigenvalue weighted by molar-refractivity contribution is 7.08. The fraction of sp³-hybridized carbons (Fsp3) is 0.167. The topological polar surface area (TPSA) is 0 Å². The van der Waals surface area contributed by atoms with Crippen LogP contribution in [0.4, 0.5) is 0 Å². The summed E-state index contributed by atoms with van der Waals surface area (Å²) in [5.74, 6) is 0. The lowest BCUT2D eigenvalue weighted by Gasteiger charge is -2.06. The lowest BCUT2D eigenvalue weighted by molar-refractivity contribution is 0.925. The third kappa shape index (κ3) is 2.37. The van der Waals surface area contributed by atoms with Crippen LogP contribution in [0.25, 0.3) is 0 Å². The van der Waals surface area contributed by atoms with Crippen molar-refractivity contribution in [3.05, 3.63) is 58.3 Å². The molecule has 2 heteroatoms. The van der Waals surface area contributed by atoms with Gasteiger partial charge < -0.3 is 0 Å². The Labute approximate surface area is 93.2 Å². The van der Waals surface area contributed by atoms with Gasteiger partial charge in [-0.3, -0.25) is 0 Å². The van der Waals surface area contributed by atoms with Crippen molar-refractivity contribution < 1.29 is 0 Å². The Balaban J connectivity index is 2.06. The van der Waals surface area contributed by atoms with E-state index < -0.39 is 0 Å². The van der Waals surface area contributed by atoms with Crippen molar-refractivity contribution in [2.75, 3.05) is 0 Å². The van der Waals surface area contributed by atoms with Crippen molar-refractivity contribution in [2.45, 2.75) is 11.8 Å². The normalized spacial score (nSPS) is 12.6. The molecule has 0 amide bonds. The average molecular weight is 223 g/mol. The molecule has 1 unspecified atom stereocenters. The minimum absolute atomic E-state index is 0.101. The van der Waals surface area contributed by atoms with E-state index in [1.54, 1.807) is 11.3 Å². The van der Waals surface area contributed by atoms with Gasteiger partial charge in [0.15, 0.2) is 0 Å². The maximum Gasteiger partial charge on any atom is 0.0633 e. The molecule has 0 aliphatic rings. The third-order valence-corrected chi connectivity index (χ3v) is 3.27. The number of rotatable bonds is 3. The zero-order chi connectivity index (χ0) is 9.80. The van der Waals surface area contributed by atoms with Crippen molar-refractivity contribution in [2.24, 2.45) is 0 Å². The first kappa shape index (κ1) is 9.75. The third-order valence-electron chi connectivity index (χ3n) is 2.16. The predicted octanol–water partition coefficient (Wildman–Crippen LogP) is 4.27. The number of halogens is 1. The summed E-state index contributed by atoms with van der Waals surface area (Å²) in [7, 11) is 0. The Kier molecular flexibility index (Phi) is 3.22. The lowest BCUT2D eigenvalue weighted by atomic mass is 10.1. The van der Waals surface area contributed by atoms with Crippen LogP contribution in [0, 0.1) is 0 Å². The molecule has 1 aromatic carbocycles. The van der Waals surface area contributed by atoms with Crippen LogP contribution < -0.4 is 0 Å². The highest BCUT2D eigenvalue weighted by atomic mass is 35.5. The Morgan fingerprint density at radius 3 is 2.57 bits per heavy atom. The second kappa shape index (κ2) is 4.63. The zero-order valence-corrected chi connectivity index (χ0v) is 9.26. The fourth-order valence-corrected chi connectivity index (χ4v) is 2.49. The maximum absolute atomic E-state index is 6.29. The molecule has 1 aromatic heterocycles. The number of alkyl halides is 1. The molecule has 2 rings (SSSR count). The molecule has 0 nitrogen and oxygen atoms in total. The quantitative estimate of drug-likeness (QED) is 0.681. The van der Waals surface area contributed by atoms with Gasteiger partial charge in [0, 0.05) is 0 Å². The summed E-state index contributed by atoms with van der Waals surface area (Å²) in [6.45, 7) is 0. The van der Waals surface area contributed by atoms with Crippen molar-refractivity contribution in [1.29, 1.82) is 0 Å². The first-order valence-corrected chi connectivity index (χ1v) is 5.94. The molecule has 0 fully saturated rings. The van der Waals surface area contributed by atoms with E-state index in [0.29, 0.717) is 0 Å². The fourth-order valence-electron chi connectivity index (χ4n) is 1.39. The molecule has 1 heterocycles. The predicted molar refractivity (Wildman–Crippen MR) is 63.1 cm³/mol. The molecular weight excluding hydrogens is 212 g/mol. The molecule has 0 saturated carbocycles. The second-order valence-electron chi connectivity index (χ2n) is 3.21. The van der Waals surface area contributed by atoms with E-state index in [1.807, 2.05) is 18.2 Å². The smallest absolute Gasteiger partial charge is 0.0633 e. The van der Waals surface area contributed by atoms with E-state index in [-0.39, 0.29) is 5.38 Å². The summed E-state index contributed by atoms with van der Waals surface area (Å²) < 4.78 is 0. The highest BCUT2D eigenvalue weighted by Crippen LogP contribution is 2.26. The van der Waals surface area contributed by atoms with Gasteiger partial charge in [-0.15, -0.1) is 11.6 Å². The summed E-state index contributed by atoms with van der Waals surface area (Å²) in [4.78, 5) is 0. The van der Waals surface area contributed by atoms with Crippen LogP contribution in [0.2, 0.25) is 0 Å². The molecule has 0 N–H and O–H groups in total. The van der Waals surface area contributed by atoms with Crippen LogP contribution in [0.1, 0.15) is 16.5 Å². The number of benzene rings is 1. The molecule has 0 radical (unpaired) electrons. The largest absolute Gasteiger partial charge is 0.152 e. The molecule has 1 atom stereocenters. The van der Waals surface area contributed by atoms with E-state index in [1.165, 1.54) is 11.1 Å². The zero-order valence-electron chi connectivity index (χ0n) is 7.69. The standard InChI is InChI=1S/C12H11ClS/c13-12(11-6-7-14-9-11)8-10-4-2-1-3-5-10/h1-7,9,12H,8H2. The molecule has 0 aliphatic carbocycles. The first-order valence-electron chi connectivity index (χ1n) is 4.56. The molecule has 72 valence electrons. The lowest BCUT2D eigenvalue weighted by Crippen LogP contribution is -1.93. The minimum Gasteiger partial charge on any atom is -0.152 e. The van der Waals surface area contributed by atoms with E-state index in [0.717, 1.165) is 6.42 Å². The minimum atomic E-state index is 0.101. The number of hydrogen-bond donors (Lipinski definition) is 0. The van der Waals surface area contributed by atoms with Crippen LogP contribution in [0.15, 0.2) is 47.2 Å². The van der Waals surface area contributed by atoms with Gasteiger partial charge in [-0.05, 0) is 34.4 Å². The monoisotopic (exact) mass is 222 g/mol. The van der Waals surface area contributed by atoms with Crippen LogP contribution in [-0.4, -0.2) is 0 Å². The van der Waals surface area contributed by atoms with Gasteiger partial charge in [0.2, 0.25) is 0 Å². The summed E-state index contributed by atoms with van der Waals surface area (Å²) in [6, 6.07) is 12.4. The number of thiophene rings is 1. The van der Waals surface area contributed by atoms with Gasteiger partial charge in [-0.1, -0.05) is 30.3 Å². The van der Waals surface area contributed by atoms with Crippen LogP contribution in [0.5, 0.6) is 0 Å². The Morgan fingerprint density at radius 2 is 1.93 bits per heavy atom.